The van der Waals surface area contributed by atoms with Crippen molar-refractivity contribution in [3.63, 3.8) is 0 Å². The van der Waals surface area contributed by atoms with Crippen LogP contribution in [0.1, 0.15) is 104 Å². The molecule has 67 heavy (non-hydrogen) atoms. The number of aryl methyl sites for hydroxylation is 3. The number of rotatable bonds is 5. The molecule has 334 valence electrons. The second kappa shape index (κ2) is 19.4. The van der Waals surface area contributed by atoms with Gasteiger partial charge in [0.2, 0.25) is 0 Å². The largest absolute Gasteiger partial charge is 0.0991 e. The van der Waals surface area contributed by atoms with E-state index in [2.05, 4.69) is 238 Å². The normalized spacial score (nSPS) is 13.8. The van der Waals surface area contributed by atoms with Crippen LogP contribution in [0.3, 0.4) is 0 Å². The van der Waals surface area contributed by atoms with Gasteiger partial charge < -0.3 is 0 Å². The van der Waals surface area contributed by atoms with Gasteiger partial charge >= 0.3 is 0 Å². The Morgan fingerprint density at radius 2 is 0.925 bits per heavy atom. The van der Waals surface area contributed by atoms with E-state index in [1.807, 2.05) is 26.0 Å². The lowest BCUT2D eigenvalue weighted by Gasteiger charge is -2.22. The quantitative estimate of drug-likeness (QED) is 0.151. The van der Waals surface area contributed by atoms with Crippen molar-refractivity contribution in [2.24, 2.45) is 0 Å². The minimum Gasteiger partial charge on any atom is -0.0991 e. The van der Waals surface area contributed by atoms with E-state index >= 15 is 0 Å². The average molecular weight is 871 g/mol. The molecule has 0 aromatic heterocycles. The lowest BCUT2D eigenvalue weighted by molar-refractivity contribution is 0.659. The molecule has 3 aliphatic rings. The first-order chi connectivity index (χ1) is 32.3. The van der Waals surface area contributed by atoms with Crippen molar-refractivity contribution in [2.75, 3.05) is 0 Å². The van der Waals surface area contributed by atoms with Gasteiger partial charge in [-0.1, -0.05) is 247 Å². The molecule has 11 rings (SSSR count). The van der Waals surface area contributed by atoms with Gasteiger partial charge in [0.05, 0.1) is 0 Å². The fraction of sp³-hybridized carbons (Fsp3) is 0.194. The summed E-state index contributed by atoms with van der Waals surface area (Å²) in [7, 11) is 0. The highest BCUT2D eigenvalue weighted by Crippen LogP contribution is 2.51. The maximum Gasteiger partial charge on any atom is 0.0159 e. The summed E-state index contributed by atoms with van der Waals surface area (Å²) in [5, 5.41) is 0. The van der Waals surface area contributed by atoms with Gasteiger partial charge in [0.1, 0.15) is 0 Å². The van der Waals surface area contributed by atoms with Crippen LogP contribution in [0.2, 0.25) is 0 Å². The summed E-state index contributed by atoms with van der Waals surface area (Å²) in [6.45, 7) is 25.7. The molecule has 0 amide bonds. The molecule has 8 aromatic rings. The molecular weight excluding hydrogens is 805 g/mol. The Hall–Kier alpha value is -7.02. The van der Waals surface area contributed by atoms with E-state index in [9.17, 15) is 0 Å². The summed E-state index contributed by atoms with van der Waals surface area (Å²) in [5.41, 5.74) is 29.0. The zero-order valence-electron chi connectivity index (χ0n) is 41.4. The summed E-state index contributed by atoms with van der Waals surface area (Å²) in [4.78, 5) is 0. The lowest BCUT2D eigenvalue weighted by Crippen LogP contribution is -2.15. The number of hydrogen-bond donors (Lipinski definition) is 0. The number of fused-ring (bicyclic) bond motifs is 9. The van der Waals surface area contributed by atoms with Gasteiger partial charge in [-0.2, -0.15) is 0 Å². The molecule has 3 aliphatic carbocycles. The van der Waals surface area contributed by atoms with Crippen molar-refractivity contribution >= 4 is 5.57 Å². The molecule has 0 heterocycles. The molecule has 0 fully saturated rings. The third-order valence-electron chi connectivity index (χ3n) is 14.0. The minimum absolute atomic E-state index is 0.0595. The molecule has 0 saturated carbocycles. The topological polar surface area (TPSA) is 0 Å². The molecule has 8 aromatic carbocycles. The predicted molar refractivity (Wildman–Crippen MR) is 292 cm³/mol. The van der Waals surface area contributed by atoms with Crippen LogP contribution in [0.5, 0.6) is 0 Å². The predicted octanol–water partition coefficient (Wildman–Crippen LogP) is 18.7. The highest BCUT2D eigenvalue weighted by molar-refractivity contribution is 5.86. The van der Waals surface area contributed by atoms with Gasteiger partial charge in [-0.3, -0.25) is 0 Å². The first kappa shape index (κ1) is 46.5. The highest BCUT2D eigenvalue weighted by atomic mass is 14.4. The van der Waals surface area contributed by atoms with Gasteiger partial charge in [0.15, 0.2) is 0 Å². The Morgan fingerprint density at radius 3 is 1.55 bits per heavy atom. The van der Waals surface area contributed by atoms with E-state index < -0.39 is 0 Å². The summed E-state index contributed by atoms with van der Waals surface area (Å²) in [6.07, 6.45) is 8.99. The molecule has 0 unspecified atom stereocenters. The maximum atomic E-state index is 3.71. The van der Waals surface area contributed by atoms with Gasteiger partial charge in [-0.05, 0) is 146 Å². The Balaban J connectivity index is 0.000000134. The van der Waals surface area contributed by atoms with E-state index in [0.29, 0.717) is 0 Å². The van der Waals surface area contributed by atoms with E-state index in [4.69, 9.17) is 0 Å². The van der Waals surface area contributed by atoms with Gasteiger partial charge in [0, 0.05) is 10.8 Å². The fourth-order valence-corrected chi connectivity index (χ4v) is 10.3. The Labute approximate surface area is 402 Å². The second-order valence-corrected chi connectivity index (χ2v) is 19.2. The van der Waals surface area contributed by atoms with Gasteiger partial charge in [-0.15, -0.1) is 0 Å². The minimum atomic E-state index is 0.0595. The van der Waals surface area contributed by atoms with Crippen molar-refractivity contribution < 1.29 is 0 Å². The molecule has 0 N–H and O–H groups in total. The number of allylic oxidation sites excluding steroid dienone is 5. The van der Waals surface area contributed by atoms with Crippen LogP contribution >= 0.6 is 0 Å². The molecule has 0 bridgehead atoms. The summed E-state index contributed by atoms with van der Waals surface area (Å²) in [5.74, 6) is 0. The van der Waals surface area contributed by atoms with Crippen molar-refractivity contribution in [1.29, 1.82) is 0 Å². The summed E-state index contributed by atoms with van der Waals surface area (Å²) < 4.78 is 0. The monoisotopic (exact) mass is 871 g/mol. The molecular formula is C67H66. The lowest BCUT2D eigenvalue weighted by atomic mass is 9.81. The Kier molecular flexibility index (Phi) is 13.5. The third kappa shape index (κ3) is 9.11. The molecule has 0 radical (unpaired) electrons. The van der Waals surface area contributed by atoms with Gasteiger partial charge in [0.25, 0.3) is 0 Å². The number of benzene rings is 8. The molecule has 0 saturated heterocycles. The van der Waals surface area contributed by atoms with Crippen LogP contribution in [0, 0.1) is 20.8 Å². The van der Waals surface area contributed by atoms with Crippen LogP contribution in [-0.4, -0.2) is 0 Å². The van der Waals surface area contributed by atoms with Crippen LogP contribution in [0.15, 0.2) is 201 Å². The molecule has 0 spiro atoms. The Bertz CT molecular complexity index is 3140. The van der Waals surface area contributed by atoms with Crippen molar-refractivity contribution in [3.8, 4) is 55.6 Å². The molecule has 0 aliphatic heterocycles. The zero-order chi connectivity index (χ0) is 47.5. The number of hydrogen-bond acceptors (Lipinski definition) is 0. The van der Waals surface area contributed by atoms with Crippen LogP contribution in [0.4, 0.5) is 0 Å². The van der Waals surface area contributed by atoms with Gasteiger partial charge in [-0.25, -0.2) is 0 Å². The van der Waals surface area contributed by atoms with Crippen LogP contribution < -0.4 is 0 Å². The van der Waals surface area contributed by atoms with E-state index in [0.717, 1.165) is 6.42 Å². The van der Waals surface area contributed by atoms with Crippen molar-refractivity contribution in [3.05, 3.63) is 256 Å². The third-order valence-corrected chi connectivity index (χ3v) is 14.0. The maximum absolute atomic E-state index is 3.71. The van der Waals surface area contributed by atoms with E-state index in [1.54, 1.807) is 6.08 Å². The zero-order valence-corrected chi connectivity index (χ0v) is 41.4. The van der Waals surface area contributed by atoms with Crippen LogP contribution in [0.25, 0.3) is 61.2 Å². The smallest absolute Gasteiger partial charge is 0.0159 e. The summed E-state index contributed by atoms with van der Waals surface area (Å²) in [6, 6.07) is 62.3. The highest BCUT2D eigenvalue weighted by Gasteiger charge is 2.36. The van der Waals surface area contributed by atoms with E-state index in [-0.39, 0.29) is 10.8 Å². The van der Waals surface area contributed by atoms with Crippen molar-refractivity contribution in [1.82, 2.24) is 0 Å². The first-order valence-electron chi connectivity index (χ1n) is 24.2. The molecule has 0 atom stereocenters. The fourth-order valence-electron chi connectivity index (χ4n) is 10.3. The molecule has 0 heteroatoms. The standard InChI is InChI=1S/C23H24.C22H20.C20H16.C2H6/c1-6-7-8-9-17(3)18-11-13-20-19-12-10-16(2)14-21(19)23(4,5)22(20)15-18;1-15-9-11-18-19-12-10-17(16-7-5-4-6-8-16)14-21(19)22(2,3)20(18)13-15;1-14-9-11-15(12-10-14)17-7-4-8-19-18-6-3-2-5-16(18)13-20(17)19;1-2/h6-15H,1H2,2-5H3;4-14H,1-3H3;2-12H,13H2,1H3;1-2H3/b8-7-,17-9+;;;. The average Bonchev–Trinajstić information content (AvgIpc) is 3.92. The molecule has 0 nitrogen and oxygen atoms in total. The summed E-state index contributed by atoms with van der Waals surface area (Å²) >= 11 is 0. The SMILES string of the molecule is C=C/C=C\C=C(/C)c1ccc2c(c1)C(C)(C)c1cc(C)ccc1-2.CC.Cc1ccc(-c2cccc3c2Cc2ccccc2-3)cc1.Cc1ccc2c(c1)C(C)(C)c1cc(-c3ccccc3)ccc1-2. The Morgan fingerprint density at radius 1 is 0.433 bits per heavy atom. The van der Waals surface area contributed by atoms with E-state index in [1.165, 1.54) is 117 Å². The second-order valence-electron chi connectivity index (χ2n) is 19.2. The van der Waals surface area contributed by atoms with Crippen LogP contribution in [-0.2, 0) is 17.3 Å². The first-order valence-corrected chi connectivity index (χ1v) is 24.2. The van der Waals surface area contributed by atoms with Crippen molar-refractivity contribution in [2.45, 2.75) is 86.5 Å².